The Morgan fingerprint density at radius 1 is 1.43 bits per heavy atom. The number of carboxylic acid groups (broad SMARTS) is 1. The Labute approximate surface area is 159 Å². The maximum atomic E-state index is 12.5. The van der Waals surface area contributed by atoms with E-state index in [9.17, 15) is 22.8 Å². The van der Waals surface area contributed by atoms with E-state index in [2.05, 4.69) is 4.98 Å². The van der Waals surface area contributed by atoms with Crippen LogP contribution < -0.4 is 10.5 Å². The molecule has 0 aromatic carbocycles. The molecule has 1 aliphatic carbocycles. The summed E-state index contributed by atoms with van der Waals surface area (Å²) in [6.07, 6.45) is -4.72. The lowest BCUT2D eigenvalue weighted by Crippen LogP contribution is -2.48. The third-order valence-corrected chi connectivity index (χ3v) is 4.14. The molecule has 11 heteroatoms. The molecule has 1 aliphatic heterocycles. The molecular formula is C17H21F3N3O5-. The number of carboxylic acids is 1. The molecule has 1 aromatic heterocycles. The highest BCUT2D eigenvalue weighted by atomic mass is 19.4. The number of pyridine rings is 1. The number of aromatic nitrogens is 1. The Morgan fingerprint density at radius 3 is 2.39 bits per heavy atom. The summed E-state index contributed by atoms with van der Waals surface area (Å²) in [5.74, 6) is -1.84. The lowest BCUT2D eigenvalue weighted by molar-refractivity contribution is -0.190. The first-order chi connectivity index (χ1) is 12.9. The van der Waals surface area contributed by atoms with Crippen LogP contribution in [0.2, 0.25) is 0 Å². The van der Waals surface area contributed by atoms with Gasteiger partial charge in [-0.3, -0.25) is 4.79 Å². The molecule has 28 heavy (non-hydrogen) atoms. The number of nitrogens with two attached hydrogens (primary N) is 1. The second-order valence-corrected chi connectivity index (χ2v) is 6.89. The molecule has 2 fully saturated rings. The third kappa shape index (κ3) is 6.06. The largest absolute Gasteiger partial charge is 0.668 e. The molecule has 0 spiro atoms. The minimum absolute atomic E-state index is 0.116. The van der Waals surface area contributed by atoms with Gasteiger partial charge in [0.25, 0.3) is 0 Å². The molecule has 1 saturated carbocycles. The number of nitrogens with zero attached hydrogens (tertiary/aromatic N) is 1. The SMILES string of the molecule is CC(Oc1nc(C(=O)O)ccc1C1CC1)C(F)(F)F.[NH-]C1(CC(N)=O)COC1. The van der Waals surface area contributed by atoms with Gasteiger partial charge in [0.15, 0.2) is 11.8 Å². The van der Waals surface area contributed by atoms with Crippen LogP contribution in [0.4, 0.5) is 13.2 Å². The van der Waals surface area contributed by atoms with Crippen molar-refractivity contribution < 1.29 is 37.3 Å². The van der Waals surface area contributed by atoms with Gasteiger partial charge >= 0.3 is 12.1 Å². The summed E-state index contributed by atoms with van der Waals surface area (Å²) in [5, 5.41) is 8.81. The predicted octanol–water partition coefficient (Wildman–Crippen LogP) is 2.67. The van der Waals surface area contributed by atoms with Crippen LogP contribution in [0, 0.1) is 0 Å². The van der Waals surface area contributed by atoms with E-state index < -0.39 is 29.7 Å². The number of carbonyl (C=O) groups is 2. The number of amides is 1. The summed E-state index contributed by atoms with van der Waals surface area (Å²) < 4.78 is 47.0. The molecule has 1 aromatic rings. The maximum absolute atomic E-state index is 12.5. The molecular weight excluding hydrogens is 383 g/mol. The molecule has 1 unspecified atom stereocenters. The van der Waals surface area contributed by atoms with Crippen LogP contribution in [0.1, 0.15) is 48.2 Å². The normalized spacial score (nSPS) is 18.9. The quantitative estimate of drug-likeness (QED) is 0.748. The van der Waals surface area contributed by atoms with Crippen LogP contribution in [-0.2, 0) is 9.53 Å². The first kappa shape index (κ1) is 21.9. The lowest BCUT2D eigenvalue weighted by Gasteiger charge is -2.45. The van der Waals surface area contributed by atoms with Crippen LogP contribution in [0.3, 0.4) is 0 Å². The number of halogens is 3. The molecule has 8 nitrogen and oxygen atoms in total. The molecule has 1 amide bonds. The van der Waals surface area contributed by atoms with Crippen molar-refractivity contribution in [2.45, 2.75) is 49.9 Å². The van der Waals surface area contributed by atoms with Crippen LogP contribution in [0.25, 0.3) is 5.73 Å². The summed E-state index contributed by atoms with van der Waals surface area (Å²) in [6, 6.07) is 2.76. The van der Waals surface area contributed by atoms with E-state index in [1.807, 2.05) is 0 Å². The number of rotatable bonds is 6. The fourth-order valence-electron chi connectivity index (χ4n) is 2.39. The van der Waals surface area contributed by atoms with Gasteiger partial charge in [-0.05, 0) is 31.7 Å². The van der Waals surface area contributed by atoms with Gasteiger partial charge < -0.3 is 26.0 Å². The van der Waals surface area contributed by atoms with Crippen LogP contribution >= 0.6 is 0 Å². The number of primary amides is 1. The Balaban J connectivity index is 0.000000261. The first-order valence-corrected chi connectivity index (χ1v) is 8.50. The van der Waals surface area contributed by atoms with Crippen LogP contribution in [0.5, 0.6) is 5.88 Å². The van der Waals surface area contributed by atoms with E-state index in [1.54, 1.807) is 0 Å². The van der Waals surface area contributed by atoms with Gasteiger partial charge in [-0.15, -0.1) is 0 Å². The van der Waals surface area contributed by atoms with Crippen LogP contribution in [0.15, 0.2) is 12.1 Å². The third-order valence-electron chi connectivity index (χ3n) is 4.14. The Morgan fingerprint density at radius 2 is 2.04 bits per heavy atom. The summed E-state index contributed by atoms with van der Waals surface area (Å²) in [5.41, 5.74) is 11.8. The van der Waals surface area contributed by atoms with Crippen LogP contribution in [-0.4, -0.2) is 53.0 Å². The number of aromatic carboxylic acids is 1. The van der Waals surface area contributed by atoms with E-state index in [0.29, 0.717) is 18.8 Å². The zero-order valence-electron chi connectivity index (χ0n) is 15.1. The number of ether oxygens (including phenoxy) is 2. The molecule has 4 N–H and O–H groups in total. The van der Waals surface area contributed by atoms with E-state index in [0.717, 1.165) is 19.8 Å². The second kappa shape index (κ2) is 8.31. The Bertz CT molecular complexity index is 733. The summed E-state index contributed by atoms with van der Waals surface area (Å²) in [4.78, 5) is 24.7. The predicted molar refractivity (Wildman–Crippen MR) is 91.0 cm³/mol. The molecule has 2 aliphatic rings. The summed E-state index contributed by atoms with van der Waals surface area (Å²) >= 11 is 0. The zero-order chi connectivity index (χ0) is 21.1. The van der Waals surface area contributed by atoms with E-state index in [-0.39, 0.29) is 23.9 Å². The number of alkyl halides is 3. The monoisotopic (exact) mass is 404 g/mol. The number of hydrogen-bond donors (Lipinski definition) is 2. The van der Waals surface area contributed by atoms with Crippen molar-refractivity contribution in [2.24, 2.45) is 5.73 Å². The number of nitrogens with one attached hydrogen (secondary N) is 1. The minimum Gasteiger partial charge on any atom is -0.668 e. The smallest absolute Gasteiger partial charge is 0.425 e. The molecule has 3 rings (SSSR count). The highest BCUT2D eigenvalue weighted by Gasteiger charge is 2.39. The average Bonchev–Trinajstić information content (AvgIpc) is 3.37. The highest BCUT2D eigenvalue weighted by Crippen LogP contribution is 2.44. The van der Waals surface area contributed by atoms with Crippen molar-refractivity contribution in [1.82, 2.24) is 4.98 Å². The maximum Gasteiger partial charge on any atom is 0.425 e. The molecule has 0 bridgehead atoms. The van der Waals surface area contributed by atoms with Gasteiger partial charge in [0, 0.05) is 25.2 Å². The standard InChI is InChI=1S/C12H12F3NO3.C5H9N2O2/c1-6(12(13,14)15)19-10-8(7-2-3-7)4-5-9(16-10)11(17)18;6-4(8)1-5(7)2-9-3-5/h4-7H,2-3H2,1H3,(H,17,18);7H,1-3H2,(H2,6,8)/q;-1. The van der Waals surface area contributed by atoms with Gasteiger partial charge in [0.05, 0.1) is 0 Å². The fourth-order valence-corrected chi connectivity index (χ4v) is 2.39. The van der Waals surface area contributed by atoms with E-state index >= 15 is 0 Å². The van der Waals surface area contributed by atoms with Crippen molar-refractivity contribution in [1.29, 1.82) is 0 Å². The van der Waals surface area contributed by atoms with Gasteiger partial charge in [-0.25, -0.2) is 9.78 Å². The highest BCUT2D eigenvalue weighted by molar-refractivity contribution is 5.85. The molecule has 1 atom stereocenters. The average molecular weight is 404 g/mol. The second-order valence-electron chi connectivity index (χ2n) is 6.89. The molecule has 156 valence electrons. The first-order valence-electron chi connectivity index (χ1n) is 8.50. The lowest BCUT2D eigenvalue weighted by atomic mass is 9.94. The van der Waals surface area contributed by atoms with Crippen molar-refractivity contribution in [3.05, 3.63) is 29.1 Å². The molecule has 0 radical (unpaired) electrons. The fraction of sp³-hybridized carbons (Fsp3) is 0.588. The van der Waals surface area contributed by atoms with Gasteiger partial charge in [0.2, 0.25) is 11.8 Å². The van der Waals surface area contributed by atoms with Crippen molar-refractivity contribution in [2.75, 3.05) is 13.2 Å². The Hall–Kier alpha value is -2.40. The summed E-state index contributed by atoms with van der Waals surface area (Å²) in [7, 11) is 0. The van der Waals surface area contributed by atoms with Crippen molar-refractivity contribution in [3.63, 3.8) is 0 Å². The number of hydrogen-bond acceptors (Lipinski definition) is 5. The van der Waals surface area contributed by atoms with Crippen molar-refractivity contribution in [3.8, 4) is 5.88 Å². The Kier molecular flexibility index (Phi) is 6.50. The van der Waals surface area contributed by atoms with Gasteiger partial charge in [-0.2, -0.15) is 13.2 Å². The molecule has 1 saturated heterocycles. The van der Waals surface area contributed by atoms with E-state index in [1.165, 1.54) is 12.1 Å². The topological polar surface area (TPSA) is 136 Å². The summed E-state index contributed by atoms with van der Waals surface area (Å²) in [6.45, 7) is 1.55. The van der Waals surface area contributed by atoms with Gasteiger partial charge in [0.1, 0.15) is 0 Å². The van der Waals surface area contributed by atoms with E-state index in [4.69, 9.17) is 26.0 Å². The zero-order valence-corrected chi connectivity index (χ0v) is 15.1. The van der Waals surface area contributed by atoms with Crippen molar-refractivity contribution >= 4 is 11.9 Å². The minimum atomic E-state index is -4.51. The molecule has 2 heterocycles. The van der Waals surface area contributed by atoms with Gasteiger partial charge in [-0.1, -0.05) is 11.6 Å². The number of carbonyl (C=O) groups excluding carboxylic acids is 1.